The van der Waals surface area contributed by atoms with E-state index in [1.807, 2.05) is 0 Å². The minimum absolute atomic E-state index is 0.0965. The molecule has 1 aliphatic rings. The van der Waals surface area contributed by atoms with Crippen LogP contribution in [0.2, 0.25) is 0 Å². The number of nitrogens with one attached hydrogen (secondary N) is 1. The first-order chi connectivity index (χ1) is 9.10. The van der Waals surface area contributed by atoms with E-state index in [-0.39, 0.29) is 11.8 Å². The summed E-state index contributed by atoms with van der Waals surface area (Å²) in [5, 5.41) is 12.0. The van der Waals surface area contributed by atoms with Gasteiger partial charge in [-0.3, -0.25) is 9.59 Å². The molecule has 0 saturated heterocycles. The van der Waals surface area contributed by atoms with Gasteiger partial charge in [0.2, 0.25) is 5.91 Å². The number of aliphatic carboxylic acids is 1. The highest BCUT2D eigenvalue weighted by Gasteiger charge is 2.41. The van der Waals surface area contributed by atoms with Crippen molar-refractivity contribution in [1.82, 2.24) is 5.32 Å². The second-order valence-corrected chi connectivity index (χ2v) is 5.29. The molecule has 1 aliphatic carbocycles. The molecule has 0 aromatic rings. The number of carbonyl (C=O) groups excluding carboxylic acids is 1. The predicted octanol–water partition coefficient (Wildman–Crippen LogP) is 1.67. The summed E-state index contributed by atoms with van der Waals surface area (Å²) in [6, 6.07) is 0. The van der Waals surface area contributed by atoms with Crippen LogP contribution >= 0.6 is 0 Å². The Balaban J connectivity index is 2.39. The molecule has 1 amide bonds. The van der Waals surface area contributed by atoms with E-state index in [1.54, 1.807) is 7.11 Å². The Labute approximate surface area is 114 Å². The third kappa shape index (κ3) is 4.82. The van der Waals surface area contributed by atoms with Gasteiger partial charge in [-0.15, -0.1) is 0 Å². The third-order valence-corrected chi connectivity index (χ3v) is 3.97. The summed E-state index contributed by atoms with van der Waals surface area (Å²) in [5.74, 6) is -1.43. The molecule has 1 unspecified atom stereocenters. The summed E-state index contributed by atoms with van der Waals surface area (Å²) < 4.78 is 4.94. The lowest BCUT2D eigenvalue weighted by molar-refractivity contribution is -0.146. The van der Waals surface area contributed by atoms with Gasteiger partial charge in [-0.1, -0.05) is 13.3 Å². The Kier molecular flexibility index (Phi) is 6.84. The van der Waals surface area contributed by atoms with Gasteiger partial charge < -0.3 is 15.2 Å². The largest absolute Gasteiger partial charge is 0.481 e. The molecule has 5 heteroatoms. The van der Waals surface area contributed by atoms with Gasteiger partial charge in [0.05, 0.1) is 11.8 Å². The number of hydrogen-bond donors (Lipinski definition) is 2. The molecule has 1 rings (SSSR count). The first-order valence-electron chi connectivity index (χ1n) is 7.09. The van der Waals surface area contributed by atoms with E-state index < -0.39 is 11.9 Å². The minimum atomic E-state index is -0.838. The molecule has 19 heavy (non-hydrogen) atoms. The number of amides is 1. The Bertz CT molecular complexity index is 306. The number of ether oxygens (including phenoxy) is 1. The zero-order valence-corrected chi connectivity index (χ0v) is 11.9. The SMILES string of the molecule is CCC1C[C@H](C(=O)NCCCCOC)[C@H](C(=O)O)C1. The van der Waals surface area contributed by atoms with Crippen molar-refractivity contribution in [3.63, 3.8) is 0 Å². The van der Waals surface area contributed by atoms with Crippen molar-refractivity contribution < 1.29 is 19.4 Å². The maximum absolute atomic E-state index is 12.0. The smallest absolute Gasteiger partial charge is 0.307 e. The van der Waals surface area contributed by atoms with E-state index in [4.69, 9.17) is 4.74 Å². The number of carboxylic acid groups (broad SMARTS) is 1. The van der Waals surface area contributed by atoms with Gasteiger partial charge in [-0.25, -0.2) is 0 Å². The lowest BCUT2D eigenvalue weighted by atomic mass is 9.95. The highest BCUT2D eigenvalue weighted by molar-refractivity contribution is 5.85. The fourth-order valence-corrected chi connectivity index (χ4v) is 2.75. The summed E-state index contributed by atoms with van der Waals surface area (Å²) >= 11 is 0. The van der Waals surface area contributed by atoms with E-state index in [0.717, 1.165) is 19.3 Å². The Morgan fingerprint density at radius 1 is 1.26 bits per heavy atom. The van der Waals surface area contributed by atoms with Crippen LogP contribution < -0.4 is 5.32 Å². The molecule has 0 spiro atoms. The van der Waals surface area contributed by atoms with Crippen molar-refractivity contribution in [2.45, 2.75) is 39.0 Å². The molecular formula is C14H25NO4. The molecule has 2 N–H and O–H groups in total. The van der Waals surface area contributed by atoms with Gasteiger partial charge in [0.1, 0.15) is 0 Å². The summed E-state index contributed by atoms with van der Waals surface area (Å²) in [7, 11) is 1.65. The summed E-state index contributed by atoms with van der Waals surface area (Å²) in [6.07, 6.45) is 4.05. The molecule has 110 valence electrons. The second kappa shape index (κ2) is 8.15. The topological polar surface area (TPSA) is 75.6 Å². The van der Waals surface area contributed by atoms with Crippen LogP contribution in [0, 0.1) is 17.8 Å². The first kappa shape index (κ1) is 16.0. The normalized spacial score (nSPS) is 26.3. The van der Waals surface area contributed by atoms with Crippen molar-refractivity contribution in [3.05, 3.63) is 0 Å². The number of hydrogen-bond acceptors (Lipinski definition) is 3. The lowest BCUT2D eigenvalue weighted by Gasteiger charge is -2.15. The molecule has 5 nitrogen and oxygen atoms in total. The zero-order chi connectivity index (χ0) is 14.3. The van der Waals surface area contributed by atoms with Gasteiger partial charge in [-0.05, 0) is 31.6 Å². The fourth-order valence-electron chi connectivity index (χ4n) is 2.75. The van der Waals surface area contributed by atoms with Crippen LogP contribution in [0.15, 0.2) is 0 Å². The van der Waals surface area contributed by atoms with Crippen molar-refractivity contribution in [1.29, 1.82) is 0 Å². The van der Waals surface area contributed by atoms with Crippen LogP contribution in [0.1, 0.15) is 39.0 Å². The summed E-state index contributed by atoms with van der Waals surface area (Å²) in [5.41, 5.74) is 0. The highest BCUT2D eigenvalue weighted by Crippen LogP contribution is 2.38. The molecule has 0 aliphatic heterocycles. The Morgan fingerprint density at radius 2 is 1.95 bits per heavy atom. The number of methoxy groups -OCH3 is 1. The van der Waals surface area contributed by atoms with Crippen molar-refractivity contribution >= 4 is 11.9 Å². The highest BCUT2D eigenvalue weighted by atomic mass is 16.5. The van der Waals surface area contributed by atoms with Crippen LogP contribution in [-0.4, -0.2) is 37.2 Å². The standard InChI is InChI=1S/C14H25NO4/c1-3-10-8-11(12(9-10)14(17)18)13(16)15-6-4-5-7-19-2/h10-12H,3-9H2,1-2H3,(H,15,16)(H,17,18)/t10?,11-,12+/m0/s1. The van der Waals surface area contributed by atoms with Crippen molar-refractivity contribution in [3.8, 4) is 0 Å². The van der Waals surface area contributed by atoms with Gasteiger partial charge in [-0.2, -0.15) is 0 Å². The molecule has 0 heterocycles. The van der Waals surface area contributed by atoms with Crippen LogP contribution in [0.25, 0.3) is 0 Å². The van der Waals surface area contributed by atoms with Crippen LogP contribution in [0.4, 0.5) is 0 Å². The molecule has 0 radical (unpaired) electrons. The van der Waals surface area contributed by atoms with Gasteiger partial charge >= 0.3 is 5.97 Å². The third-order valence-electron chi connectivity index (χ3n) is 3.97. The maximum atomic E-state index is 12.0. The molecule has 1 fully saturated rings. The zero-order valence-electron chi connectivity index (χ0n) is 11.9. The molecular weight excluding hydrogens is 246 g/mol. The molecule has 0 bridgehead atoms. The average molecular weight is 271 g/mol. The first-order valence-corrected chi connectivity index (χ1v) is 7.09. The summed E-state index contributed by atoms with van der Waals surface area (Å²) in [6.45, 7) is 3.34. The summed E-state index contributed by atoms with van der Waals surface area (Å²) in [4.78, 5) is 23.2. The van der Waals surface area contributed by atoms with Crippen LogP contribution in [0.5, 0.6) is 0 Å². The Hall–Kier alpha value is -1.10. The number of rotatable bonds is 8. The number of carbonyl (C=O) groups is 2. The molecule has 3 atom stereocenters. The average Bonchev–Trinajstić information content (AvgIpc) is 2.82. The van der Waals surface area contributed by atoms with E-state index in [1.165, 1.54) is 0 Å². The maximum Gasteiger partial charge on any atom is 0.307 e. The monoisotopic (exact) mass is 271 g/mol. The van der Waals surface area contributed by atoms with E-state index in [2.05, 4.69) is 12.2 Å². The molecule has 0 aromatic carbocycles. The quantitative estimate of drug-likeness (QED) is 0.658. The van der Waals surface area contributed by atoms with Gasteiger partial charge in [0.25, 0.3) is 0 Å². The van der Waals surface area contributed by atoms with Crippen LogP contribution in [0.3, 0.4) is 0 Å². The molecule has 1 saturated carbocycles. The van der Waals surface area contributed by atoms with Gasteiger partial charge in [0, 0.05) is 20.3 Å². The van der Waals surface area contributed by atoms with E-state index in [0.29, 0.717) is 31.9 Å². The van der Waals surface area contributed by atoms with Crippen molar-refractivity contribution in [2.75, 3.05) is 20.3 Å². The Morgan fingerprint density at radius 3 is 2.53 bits per heavy atom. The number of carboxylic acids is 1. The van der Waals surface area contributed by atoms with E-state index in [9.17, 15) is 14.7 Å². The lowest BCUT2D eigenvalue weighted by Crippen LogP contribution is -2.35. The minimum Gasteiger partial charge on any atom is -0.481 e. The van der Waals surface area contributed by atoms with Crippen molar-refractivity contribution in [2.24, 2.45) is 17.8 Å². The van der Waals surface area contributed by atoms with E-state index >= 15 is 0 Å². The fraction of sp³-hybridized carbons (Fsp3) is 0.857. The molecule has 0 aromatic heterocycles. The number of unbranched alkanes of at least 4 members (excludes halogenated alkanes) is 1. The van der Waals surface area contributed by atoms with Gasteiger partial charge in [0.15, 0.2) is 0 Å². The van der Waals surface area contributed by atoms with Crippen LogP contribution in [-0.2, 0) is 14.3 Å². The predicted molar refractivity (Wildman–Crippen MR) is 71.8 cm³/mol. The second-order valence-electron chi connectivity index (χ2n) is 5.29.